The molecule has 0 aromatic rings. The maximum absolute atomic E-state index is 2.75. The summed E-state index contributed by atoms with van der Waals surface area (Å²) in [6, 6.07) is 0. The van der Waals surface area contributed by atoms with Gasteiger partial charge in [-0.1, -0.05) is 26.7 Å². The first-order chi connectivity index (χ1) is 7.20. The molecule has 1 nitrogen and oxygen atoms in total. The lowest BCUT2D eigenvalue weighted by Crippen LogP contribution is -2.32. The summed E-state index contributed by atoms with van der Waals surface area (Å²) in [7, 11) is 0. The van der Waals surface area contributed by atoms with Crippen molar-refractivity contribution < 1.29 is 0 Å². The van der Waals surface area contributed by atoms with Crippen LogP contribution >= 0.6 is 0 Å². The third-order valence-corrected chi connectivity index (χ3v) is 4.06. The van der Waals surface area contributed by atoms with E-state index in [-0.39, 0.29) is 0 Å². The summed E-state index contributed by atoms with van der Waals surface area (Å²) in [6.45, 7) is 8.91. The molecule has 0 N–H and O–H groups in total. The molecule has 1 heterocycles. The highest BCUT2D eigenvalue weighted by Gasteiger charge is 2.43. The van der Waals surface area contributed by atoms with E-state index >= 15 is 0 Å². The highest BCUT2D eigenvalue weighted by atomic mass is 15.1. The lowest BCUT2D eigenvalue weighted by molar-refractivity contribution is 0.207. The van der Waals surface area contributed by atoms with Crippen molar-refractivity contribution in [3.05, 3.63) is 0 Å². The first-order valence-corrected chi connectivity index (χ1v) is 6.93. The topological polar surface area (TPSA) is 3.24 Å². The van der Waals surface area contributed by atoms with Crippen LogP contribution in [0.15, 0.2) is 0 Å². The zero-order chi connectivity index (χ0) is 10.7. The SMILES string of the molecule is CC(C)CC1(CN2CCCCCC2)CC1. The minimum absolute atomic E-state index is 0.749. The molecule has 15 heavy (non-hydrogen) atoms. The third kappa shape index (κ3) is 3.48. The maximum Gasteiger partial charge on any atom is 0.00381 e. The van der Waals surface area contributed by atoms with Crippen LogP contribution in [-0.2, 0) is 0 Å². The number of hydrogen-bond donors (Lipinski definition) is 0. The zero-order valence-corrected chi connectivity index (χ0v) is 10.6. The fraction of sp³-hybridized carbons (Fsp3) is 1.00. The van der Waals surface area contributed by atoms with Gasteiger partial charge in [0.25, 0.3) is 0 Å². The monoisotopic (exact) mass is 209 g/mol. The molecule has 0 amide bonds. The van der Waals surface area contributed by atoms with Crippen molar-refractivity contribution in [2.45, 2.75) is 58.8 Å². The van der Waals surface area contributed by atoms with Crippen molar-refractivity contribution in [3.8, 4) is 0 Å². The van der Waals surface area contributed by atoms with Crippen molar-refractivity contribution in [3.63, 3.8) is 0 Å². The van der Waals surface area contributed by atoms with E-state index in [0.717, 1.165) is 11.3 Å². The summed E-state index contributed by atoms with van der Waals surface area (Å²) in [5, 5.41) is 0. The van der Waals surface area contributed by atoms with E-state index < -0.39 is 0 Å². The van der Waals surface area contributed by atoms with Crippen molar-refractivity contribution >= 4 is 0 Å². The Bertz CT molecular complexity index is 186. The predicted molar refractivity (Wildman–Crippen MR) is 66.0 cm³/mol. The molecule has 1 saturated carbocycles. The highest BCUT2D eigenvalue weighted by Crippen LogP contribution is 2.51. The standard InChI is InChI=1S/C14H27N/c1-13(2)11-14(7-8-14)12-15-9-5-3-4-6-10-15/h13H,3-12H2,1-2H3. The van der Waals surface area contributed by atoms with Crippen molar-refractivity contribution in [2.75, 3.05) is 19.6 Å². The highest BCUT2D eigenvalue weighted by molar-refractivity contribution is 4.96. The number of rotatable bonds is 4. The van der Waals surface area contributed by atoms with Crippen LogP contribution in [0.3, 0.4) is 0 Å². The van der Waals surface area contributed by atoms with Gasteiger partial charge in [-0.3, -0.25) is 0 Å². The van der Waals surface area contributed by atoms with E-state index in [0.29, 0.717) is 0 Å². The van der Waals surface area contributed by atoms with Crippen LogP contribution in [0, 0.1) is 11.3 Å². The van der Waals surface area contributed by atoms with Crippen LogP contribution in [0.1, 0.15) is 58.8 Å². The van der Waals surface area contributed by atoms with Gasteiger partial charge >= 0.3 is 0 Å². The molecule has 1 aliphatic carbocycles. The molecule has 2 rings (SSSR count). The van der Waals surface area contributed by atoms with Crippen LogP contribution in [0.25, 0.3) is 0 Å². The van der Waals surface area contributed by atoms with E-state index in [4.69, 9.17) is 0 Å². The largest absolute Gasteiger partial charge is 0.303 e. The van der Waals surface area contributed by atoms with Gasteiger partial charge in [0.2, 0.25) is 0 Å². The van der Waals surface area contributed by atoms with Gasteiger partial charge in [-0.25, -0.2) is 0 Å². The van der Waals surface area contributed by atoms with E-state index in [1.165, 1.54) is 64.6 Å². The van der Waals surface area contributed by atoms with Crippen molar-refractivity contribution in [1.29, 1.82) is 0 Å². The molecule has 88 valence electrons. The Hall–Kier alpha value is -0.0400. The summed E-state index contributed by atoms with van der Waals surface area (Å²) in [6.07, 6.45) is 10.3. The molecule has 2 aliphatic rings. The van der Waals surface area contributed by atoms with Crippen LogP contribution in [0.2, 0.25) is 0 Å². The smallest absolute Gasteiger partial charge is 0.00381 e. The minimum Gasteiger partial charge on any atom is -0.303 e. The second-order valence-electron chi connectivity index (χ2n) is 6.29. The molecule has 0 spiro atoms. The molecular weight excluding hydrogens is 182 g/mol. The van der Waals surface area contributed by atoms with E-state index in [9.17, 15) is 0 Å². The Kier molecular flexibility index (Phi) is 3.71. The van der Waals surface area contributed by atoms with E-state index in [2.05, 4.69) is 18.7 Å². The summed E-state index contributed by atoms with van der Waals surface area (Å²) >= 11 is 0. The zero-order valence-electron chi connectivity index (χ0n) is 10.6. The average molecular weight is 209 g/mol. The second kappa shape index (κ2) is 4.86. The Morgan fingerprint density at radius 1 is 1.00 bits per heavy atom. The lowest BCUT2D eigenvalue weighted by Gasteiger charge is -2.27. The fourth-order valence-electron chi connectivity index (χ4n) is 3.24. The molecule has 0 radical (unpaired) electrons. The van der Waals surface area contributed by atoms with Gasteiger partial charge in [-0.2, -0.15) is 0 Å². The first kappa shape index (κ1) is 11.4. The molecule has 1 heteroatoms. The Morgan fingerprint density at radius 2 is 1.60 bits per heavy atom. The third-order valence-electron chi connectivity index (χ3n) is 4.06. The predicted octanol–water partition coefficient (Wildman–Crippen LogP) is 3.69. The molecule has 0 atom stereocenters. The van der Waals surface area contributed by atoms with E-state index in [1.54, 1.807) is 0 Å². The average Bonchev–Trinajstić information content (AvgIpc) is 2.91. The van der Waals surface area contributed by atoms with Crippen LogP contribution in [-0.4, -0.2) is 24.5 Å². The van der Waals surface area contributed by atoms with Gasteiger partial charge in [-0.05, 0) is 56.5 Å². The normalized spacial score (nSPS) is 26.6. The van der Waals surface area contributed by atoms with Crippen LogP contribution in [0.4, 0.5) is 0 Å². The number of likely N-dealkylation sites (tertiary alicyclic amines) is 1. The van der Waals surface area contributed by atoms with Crippen molar-refractivity contribution in [2.24, 2.45) is 11.3 Å². The van der Waals surface area contributed by atoms with Gasteiger partial charge in [0.15, 0.2) is 0 Å². The first-order valence-electron chi connectivity index (χ1n) is 6.93. The van der Waals surface area contributed by atoms with Gasteiger partial charge in [0.1, 0.15) is 0 Å². The minimum atomic E-state index is 0.749. The number of hydrogen-bond acceptors (Lipinski definition) is 1. The van der Waals surface area contributed by atoms with Gasteiger partial charge in [0.05, 0.1) is 0 Å². The van der Waals surface area contributed by atoms with Gasteiger partial charge in [-0.15, -0.1) is 0 Å². The maximum atomic E-state index is 2.75. The van der Waals surface area contributed by atoms with Gasteiger partial charge < -0.3 is 4.90 Å². The Morgan fingerprint density at radius 3 is 2.07 bits per heavy atom. The summed E-state index contributed by atoms with van der Waals surface area (Å²) in [4.78, 5) is 2.75. The van der Waals surface area contributed by atoms with Gasteiger partial charge in [0, 0.05) is 6.54 Å². The molecule has 1 aliphatic heterocycles. The second-order valence-corrected chi connectivity index (χ2v) is 6.29. The molecule has 2 fully saturated rings. The summed E-state index contributed by atoms with van der Waals surface area (Å²) in [5.41, 5.74) is 0.749. The quantitative estimate of drug-likeness (QED) is 0.682. The summed E-state index contributed by atoms with van der Waals surface area (Å²) in [5.74, 6) is 0.888. The van der Waals surface area contributed by atoms with Crippen LogP contribution < -0.4 is 0 Å². The molecule has 0 unspecified atom stereocenters. The molecule has 0 aromatic carbocycles. The molecule has 0 aromatic heterocycles. The molecule has 0 bridgehead atoms. The van der Waals surface area contributed by atoms with Crippen LogP contribution in [0.5, 0.6) is 0 Å². The summed E-state index contributed by atoms with van der Waals surface area (Å²) < 4.78 is 0. The number of nitrogens with zero attached hydrogens (tertiary/aromatic N) is 1. The molecule has 1 saturated heterocycles. The fourth-order valence-corrected chi connectivity index (χ4v) is 3.24. The Balaban J connectivity index is 1.79. The van der Waals surface area contributed by atoms with Crippen molar-refractivity contribution in [1.82, 2.24) is 4.90 Å². The Labute approximate surface area is 95.2 Å². The lowest BCUT2D eigenvalue weighted by atomic mass is 9.93. The molecular formula is C14H27N. The van der Waals surface area contributed by atoms with E-state index in [1.807, 2.05) is 0 Å².